The standard InChI is InChI=1S/C23H46N6O12/c24-3-6-1-2-7(26)21(36-6)40-19-11(28)14(32)10(27)16(34)20(19)41-23-17(35)18(9(5-30)38-23)39-22-12(29)15(33)13(31)8(4-25)37-22/h6-23,30-35H,1-5,24-29H2. The Balaban J connectivity index is 1.50. The van der Waals surface area contributed by atoms with Gasteiger partial charge in [-0.15, -0.1) is 0 Å². The summed E-state index contributed by atoms with van der Waals surface area (Å²) in [5.74, 6) is 0. The van der Waals surface area contributed by atoms with Crippen molar-refractivity contribution in [3.63, 3.8) is 0 Å². The Bertz CT molecular complexity index is 838. The summed E-state index contributed by atoms with van der Waals surface area (Å²) >= 11 is 0. The first-order valence-corrected chi connectivity index (χ1v) is 13.8. The summed E-state index contributed by atoms with van der Waals surface area (Å²) in [6, 6.07) is -4.21. The number of rotatable bonds is 9. The molecule has 18 unspecified atom stereocenters. The van der Waals surface area contributed by atoms with Crippen molar-refractivity contribution in [1.29, 1.82) is 0 Å². The topological polar surface area (TPSA) is 333 Å². The first kappa shape index (κ1) is 33.2. The van der Waals surface area contributed by atoms with Gasteiger partial charge in [0.15, 0.2) is 18.9 Å². The number of hydrogen-bond acceptors (Lipinski definition) is 18. The minimum Gasteiger partial charge on any atom is -0.394 e. The highest BCUT2D eigenvalue weighted by Gasteiger charge is 2.55. The van der Waals surface area contributed by atoms with Crippen LogP contribution in [0.5, 0.6) is 0 Å². The molecule has 0 aromatic heterocycles. The zero-order valence-corrected chi connectivity index (χ0v) is 22.5. The zero-order chi connectivity index (χ0) is 30.2. The lowest BCUT2D eigenvalue weighted by Gasteiger charge is -2.47. The molecule has 3 heterocycles. The van der Waals surface area contributed by atoms with Gasteiger partial charge in [-0.2, -0.15) is 0 Å². The smallest absolute Gasteiger partial charge is 0.187 e. The summed E-state index contributed by atoms with van der Waals surface area (Å²) in [7, 11) is 0. The van der Waals surface area contributed by atoms with Crippen LogP contribution < -0.4 is 34.4 Å². The molecular formula is C23H46N6O12. The van der Waals surface area contributed by atoms with Gasteiger partial charge in [0.1, 0.15) is 54.9 Å². The molecule has 0 spiro atoms. The maximum atomic E-state index is 11.1. The molecule has 0 amide bonds. The second kappa shape index (κ2) is 13.9. The van der Waals surface area contributed by atoms with Crippen LogP contribution in [-0.4, -0.2) is 161 Å². The van der Waals surface area contributed by atoms with E-state index < -0.39 is 111 Å². The van der Waals surface area contributed by atoms with E-state index in [0.29, 0.717) is 12.8 Å². The van der Waals surface area contributed by atoms with Crippen molar-refractivity contribution < 1.29 is 59.1 Å². The van der Waals surface area contributed by atoms with E-state index >= 15 is 0 Å². The molecule has 4 fully saturated rings. The number of aliphatic hydroxyl groups excluding tert-OH is 6. The summed E-state index contributed by atoms with van der Waals surface area (Å²) in [5, 5.41) is 63.0. The molecule has 3 aliphatic heterocycles. The Morgan fingerprint density at radius 3 is 1.83 bits per heavy atom. The van der Waals surface area contributed by atoms with Gasteiger partial charge < -0.3 is 93.5 Å². The largest absolute Gasteiger partial charge is 0.394 e. The first-order valence-electron chi connectivity index (χ1n) is 13.8. The fraction of sp³-hybridized carbons (Fsp3) is 1.00. The van der Waals surface area contributed by atoms with Crippen LogP contribution in [0.2, 0.25) is 0 Å². The SMILES string of the molecule is NCC1CCC(N)C(OC2C(N)C(O)C(N)C(O)C2OC2OC(CO)C(OC3OC(CN)C(O)C(O)C3N)C2O)O1. The summed E-state index contributed by atoms with van der Waals surface area (Å²) in [4.78, 5) is 0. The summed E-state index contributed by atoms with van der Waals surface area (Å²) < 4.78 is 34.9. The van der Waals surface area contributed by atoms with Crippen molar-refractivity contribution in [2.45, 2.75) is 123 Å². The first-order chi connectivity index (χ1) is 19.4. The number of aliphatic hydroxyl groups is 6. The highest BCUT2D eigenvalue weighted by Crippen LogP contribution is 2.34. The lowest BCUT2D eigenvalue weighted by atomic mass is 9.82. The van der Waals surface area contributed by atoms with Crippen LogP contribution in [0, 0.1) is 0 Å². The minimum absolute atomic E-state index is 0.155. The normalized spacial score (nSPS) is 53.0. The molecule has 18 N–H and O–H groups in total. The van der Waals surface area contributed by atoms with Gasteiger partial charge in [-0.05, 0) is 12.8 Å². The Labute approximate surface area is 236 Å². The van der Waals surface area contributed by atoms with Crippen LogP contribution in [0.4, 0.5) is 0 Å². The van der Waals surface area contributed by atoms with Crippen LogP contribution in [-0.2, 0) is 28.4 Å². The summed E-state index contributed by atoms with van der Waals surface area (Å²) in [5.41, 5.74) is 35.8. The van der Waals surface area contributed by atoms with Gasteiger partial charge >= 0.3 is 0 Å². The van der Waals surface area contributed by atoms with Crippen molar-refractivity contribution in [2.24, 2.45) is 34.4 Å². The van der Waals surface area contributed by atoms with E-state index in [-0.39, 0.29) is 19.2 Å². The van der Waals surface area contributed by atoms with Gasteiger partial charge in [0.2, 0.25) is 0 Å². The Kier molecular flexibility index (Phi) is 11.3. The highest BCUT2D eigenvalue weighted by molar-refractivity contribution is 5.05. The van der Waals surface area contributed by atoms with Gasteiger partial charge in [0.25, 0.3) is 0 Å². The van der Waals surface area contributed by atoms with Gasteiger partial charge in [0.05, 0.1) is 43.0 Å². The van der Waals surface area contributed by atoms with Gasteiger partial charge in [-0.1, -0.05) is 0 Å². The molecule has 41 heavy (non-hydrogen) atoms. The monoisotopic (exact) mass is 598 g/mol. The lowest BCUT2D eigenvalue weighted by molar-refractivity contribution is -0.295. The van der Waals surface area contributed by atoms with E-state index in [4.69, 9.17) is 62.8 Å². The van der Waals surface area contributed by atoms with Crippen molar-refractivity contribution in [1.82, 2.24) is 0 Å². The van der Waals surface area contributed by atoms with Crippen LogP contribution >= 0.6 is 0 Å². The minimum atomic E-state index is -1.59. The summed E-state index contributed by atoms with van der Waals surface area (Å²) in [6.45, 7) is -0.565. The zero-order valence-electron chi connectivity index (χ0n) is 22.5. The molecule has 0 bridgehead atoms. The van der Waals surface area contributed by atoms with Crippen molar-refractivity contribution >= 4 is 0 Å². The molecule has 1 saturated carbocycles. The molecular weight excluding hydrogens is 552 g/mol. The molecule has 18 atom stereocenters. The average Bonchev–Trinajstić information content (AvgIpc) is 3.27. The van der Waals surface area contributed by atoms with Gasteiger partial charge in [-0.3, -0.25) is 0 Å². The van der Waals surface area contributed by atoms with E-state index in [0.717, 1.165) is 0 Å². The third kappa shape index (κ3) is 6.70. The van der Waals surface area contributed by atoms with Crippen molar-refractivity contribution in [3.8, 4) is 0 Å². The van der Waals surface area contributed by atoms with Crippen molar-refractivity contribution in [2.75, 3.05) is 19.7 Å². The van der Waals surface area contributed by atoms with Crippen molar-refractivity contribution in [3.05, 3.63) is 0 Å². The molecule has 0 aromatic carbocycles. The second-order valence-corrected chi connectivity index (χ2v) is 11.1. The average molecular weight is 599 g/mol. The Hall–Kier alpha value is -0.720. The third-order valence-electron chi connectivity index (χ3n) is 8.31. The maximum Gasteiger partial charge on any atom is 0.187 e. The molecule has 3 saturated heterocycles. The number of ether oxygens (including phenoxy) is 6. The van der Waals surface area contributed by atoms with E-state index in [2.05, 4.69) is 0 Å². The van der Waals surface area contributed by atoms with Gasteiger partial charge in [0, 0.05) is 13.1 Å². The number of hydrogen-bond donors (Lipinski definition) is 12. The molecule has 4 rings (SSSR count). The van der Waals surface area contributed by atoms with Crippen LogP contribution in [0.1, 0.15) is 12.8 Å². The Morgan fingerprint density at radius 1 is 0.561 bits per heavy atom. The van der Waals surface area contributed by atoms with E-state index in [1.54, 1.807) is 0 Å². The fourth-order valence-electron chi connectivity index (χ4n) is 5.66. The molecule has 0 aromatic rings. The molecule has 0 radical (unpaired) electrons. The number of nitrogens with two attached hydrogens (primary N) is 6. The van der Waals surface area contributed by atoms with Gasteiger partial charge in [-0.25, -0.2) is 0 Å². The van der Waals surface area contributed by atoms with Crippen LogP contribution in [0.3, 0.4) is 0 Å². The lowest BCUT2D eigenvalue weighted by Crippen LogP contribution is -2.71. The highest BCUT2D eigenvalue weighted by atomic mass is 16.8. The molecule has 240 valence electrons. The molecule has 1 aliphatic carbocycles. The quantitative estimate of drug-likeness (QED) is 0.117. The van der Waals surface area contributed by atoms with E-state index in [9.17, 15) is 30.6 Å². The van der Waals surface area contributed by atoms with E-state index in [1.807, 2.05) is 0 Å². The van der Waals surface area contributed by atoms with Crippen LogP contribution in [0.25, 0.3) is 0 Å². The van der Waals surface area contributed by atoms with Crippen LogP contribution in [0.15, 0.2) is 0 Å². The predicted octanol–water partition coefficient (Wildman–Crippen LogP) is -7.87. The molecule has 18 nitrogen and oxygen atoms in total. The predicted molar refractivity (Wildman–Crippen MR) is 137 cm³/mol. The third-order valence-corrected chi connectivity index (χ3v) is 8.31. The fourth-order valence-corrected chi connectivity index (χ4v) is 5.66. The second-order valence-electron chi connectivity index (χ2n) is 11.1. The maximum absolute atomic E-state index is 11.1. The molecule has 18 heteroatoms. The summed E-state index contributed by atoms with van der Waals surface area (Å²) in [6.07, 6.45) is -16.4. The molecule has 4 aliphatic rings. The van der Waals surface area contributed by atoms with E-state index in [1.165, 1.54) is 0 Å². The Morgan fingerprint density at radius 2 is 1.20 bits per heavy atom.